The van der Waals surface area contributed by atoms with Crippen LogP contribution in [0.3, 0.4) is 0 Å². The Hall–Kier alpha value is -1.71. The summed E-state index contributed by atoms with van der Waals surface area (Å²) in [5, 5.41) is 13.6. The van der Waals surface area contributed by atoms with E-state index in [1.807, 2.05) is 30.3 Å². The van der Waals surface area contributed by atoms with Crippen LogP contribution in [0, 0.1) is 0 Å². The minimum atomic E-state index is 0.142. The van der Waals surface area contributed by atoms with Crippen LogP contribution in [0.25, 0.3) is 0 Å². The summed E-state index contributed by atoms with van der Waals surface area (Å²) in [4.78, 5) is 0. The molecule has 0 aromatic heterocycles. The zero-order chi connectivity index (χ0) is 13.2. The Labute approximate surface area is 116 Å². The number of aromatic hydroxyl groups is 1. The van der Waals surface area contributed by atoms with Gasteiger partial charge < -0.3 is 15.2 Å². The molecule has 3 nitrogen and oxygen atoms in total. The van der Waals surface area contributed by atoms with Crippen LogP contribution >= 0.6 is 11.6 Å². The third kappa shape index (κ3) is 2.39. The van der Waals surface area contributed by atoms with Gasteiger partial charge in [-0.05, 0) is 12.1 Å². The second-order valence-corrected chi connectivity index (χ2v) is 4.94. The molecule has 0 fully saturated rings. The SMILES string of the molecule is Oc1c(Cl)cccc1CNC1COc2ccccc21. The van der Waals surface area contributed by atoms with Crippen molar-refractivity contribution in [2.24, 2.45) is 0 Å². The summed E-state index contributed by atoms with van der Waals surface area (Å²) < 4.78 is 5.60. The van der Waals surface area contributed by atoms with Gasteiger partial charge in [0.1, 0.15) is 18.1 Å². The van der Waals surface area contributed by atoms with Crippen LogP contribution in [0.5, 0.6) is 11.5 Å². The molecule has 1 heterocycles. The number of fused-ring (bicyclic) bond motifs is 1. The van der Waals surface area contributed by atoms with Crippen molar-refractivity contribution < 1.29 is 9.84 Å². The van der Waals surface area contributed by atoms with E-state index in [1.165, 1.54) is 0 Å². The first-order chi connectivity index (χ1) is 9.25. The minimum absolute atomic E-state index is 0.142. The number of nitrogens with one attached hydrogen (secondary N) is 1. The van der Waals surface area contributed by atoms with Gasteiger partial charge in [-0.3, -0.25) is 0 Å². The summed E-state index contributed by atoms with van der Waals surface area (Å²) in [6.45, 7) is 1.16. The number of ether oxygens (including phenoxy) is 1. The zero-order valence-corrected chi connectivity index (χ0v) is 11.0. The van der Waals surface area contributed by atoms with Gasteiger partial charge in [0.25, 0.3) is 0 Å². The molecule has 0 bridgehead atoms. The Morgan fingerprint density at radius 3 is 2.95 bits per heavy atom. The Morgan fingerprint density at radius 1 is 1.21 bits per heavy atom. The summed E-state index contributed by atoms with van der Waals surface area (Å²) in [6, 6.07) is 13.5. The van der Waals surface area contributed by atoms with Gasteiger partial charge in [0.15, 0.2) is 0 Å². The third-order valence-corrected chi connectivity index (χ3v) is 3.61. The molecule has 0 spiro atoms. The summed E-state index contributed by atoms with van der Waals surface area (Å²) in [7, 11) is 0. The number of phenols is 1. The lowest BCUT2D eigenvalue weighted by molar-refractivity contribution is 0.310. The van der Waals surface area contributed by atoms with Gasteiger partial charge in [-0.15, -0.1) is 0 Å². The van der Waals surface area contributed by atoms with Crippen LogP contribution in [0.15, 0.2) is 42.5 Å². The van der Waals surface area contributed by atoms with Gasteiger partial charge in [0, 0.05) is 17.7 Å². The molecule has 0 saturated carbocycles. The first-order valence-electron chi connectivity index (χ1n) is 6.17. The third-order valence-electron chi connectivity index (χ3n) is 3.31. The monoisotopic (exact) mass is 275 g/mol. The number of rotatable bonds is 3. The van der Waals surface area contributed by atoms with Crippen molar-refractivity contribution in [3.05, 3.63) is 58.6 Å². The largest absolute Gasteiger partial charge is 0.506 e. The van der Waals surface area contributed by atoms with Gasteiger partial charge in [0.05, 0.1) is 11.1 Å². The molecular formula is C15H14ClNO2. The molecule has 0 saturated heterocycles. The van der Waals surface area contributed by atoms with Crippen LogP contribution in [0.1, 0.15) is 17.2 Å². The molecule has 0 radical (unpaired) electrons. The second kappa shape index (κ2) is 5.11. The summed E-state index contributed by atoms with van der Waals surface area (Å²) >= 11 is 5.89. The molecule has 1 unspecified atom stereocenters. The van der Waals surface area contributed by atoms with Crippen molar-refractivity contribution in [3.63, 3.8) is 0 Å². The second-order valence-electron chi connectivity index (χ2n) is 4.53. The van der Waals surface area contributed by atoms with Crippen LogP contribution in [-0.2, 0) is 6.54 Å². The van der Waals surface area contributed by atoms with Gasteiger partial charge in [-0.1, -0.05) is 41.9 Å². The molecule has 3 rings (SSSR count). The fourth-order valence-electron chi connectivity index (χ4n) is 2.27. The van der Waals surface area contributed by atoms with E-state index in [9.17, 15) is 5.11 Å². The Morgan fingerprint density at radius 2 is 2.05 bits per heavy atom. The average Bonchev–Trinajstić information content (AvgIpc) is 2.84. The molecule has 0 aliphatic carbocycles. The van der Waals surface area contributed by atoms with Gasteiger partial charge in [0.2, 0.25) is 0 Å². The summed E-state index contributed by atoms with van der Waals surface area (Å²) in [5.41, 5.74) is 1.95. The van der Waals surface area contributed by atoms with Crippen LogP contribution < -0.4 is 10.1 Å². The maximum atomic E-state index is 9.86. The molecule has 1 atom stereocenters. The molecule has 2 aromatic rings. The fraction of sp³-hybridized carbons (Fsp3) is 0.200. The highest BCUT2D eigenvalue weighted by molar-refractivity contribution is 6.32. The van der Waals surface area contributed by atoms with E-state index in [2.05, 4.69) is 11.4 Å². The van der Waals surface area contributed by atoms with Crippen molar-refractivity contribution in [2.45, 2.75) is 12.6 Å². The van der Waals surface area contributed by atoms with Gasteiger partial charge in [-0.2, -0.15) is 0 Å². The lowest BCUT2D eigenvalue weighted by Crippen LogP contribution is -2.22. The summed E-state index contributed by atoms with van der Waals surface area (Å²) in [6.07, 6.45) is 0. The van der Waals surface area contributed by atoms with Crippen molar-refractivity contribution in [1.82, 2.24) is 5.32 Å². The van der Waals surface area contributed by atoms with E-state index < -0.39 is 0 Å². The number of para-hydroxylation sites is 2. The number of halogens is 1. The summed E-state index contributed by atoms with van der Waals surface area (Å²) in [5.74, 6) is 1.07. The Balaban J connectivity index is 1.73. The molecule has 4 heteroatoms. The zero-order valence-electron chi connectivity index (χ0n) is 10.3. The molecular weight excluding hydrogens is 262 g/mol. The van der Waals surface area contributed by atoms with Crippen molar-refractivity contribution >= 4 is 11.6 Å². The normalized spacial score (nSPS) is 17.0. The van der Waals surface area contributed by atoms with E-state index in [4.69, 9.17) is 16.3 Å². The molecule has 19 heavy (non-hydrogen) atoms. The molecule has 1 aliphatic rings. The number of hydrogen-bond donors (Lipinski definition) is 2. The highest BCUT2D eigenvalue weighted by Crippen LogP contribution is 2.33. The lowest BCUT2D eigenvalue weighted by atomic mass is 10.1. The van der Waals surface area contributed by atoms with E-state index in [0.717, 1.165) is 16.9 Å². The first kappa shape index (κ1) is 12.3. The van der Waals surface area contributed by atoms with E-state index in [1.54, 1.807) is 6.07 Å². The predicted molar refractivity (Wildman–Crippen MR) is 74.6 cm³/mol. The average molecular weight is 276 g/mol. The number of phenolic OH excluding ortho intramolecular Hbond substituents is 1. The standard InChI is InChI=1S/C15H14ClNO2/c16-12-6-3-4-10(15(12)18)8-17-13-9-19-14-7-2-1-5-11(13)14/h1-7,13,17-18H,8-9H2. The Bertz CT molecular complexity index is 600. The molecule has 98 valence electrons. The quantitative estimate of drug-likeness (QED) is 0.903. The molecule has 2 aromatic carbocycles. The van der Waals surface area contributed by atoms with Gasteiger partial charge >= 0.3 is 0 Å². The first-order valence-corrected chi connectivity index (χ1v) is 6.55. The highest BCUT2D eigenvalue weighted by atomic mass is 35.5. The van der Waals surface area contributed by atoms with Crippen LogP contribution in [-0.4, -0.2) is 11.7 Å². The minimum Gasteiger partial charge on any atom is -0.506 e. The van der Waals surface area contributed by atoms with Crippen molar-refractivity contribution in [2.75, 3.05) is 6.61 Å². The fourth-order valence-corrected chi connectivity index (χ4v) is 2.46. The van der Waals surface area contributed by atoms with E-state index >= 15 is 0 Å². The molecule has 1 aliphatic heterocycles. The smallest absolute Gasteiger partial charge is 0.138 e. The predicted octanol–water partition coefficient (Wildman–Crippen LogP) is 3.27. The molecule has 0 amide bonds. The van der Waals surface area contributed by atoms with Crippen molar-refractivity contribution in [1.29, 1.82) is 0 Å². The maximum absolute atomic E-state index is 9.86. The molecule has 2 N–H and O–H groups in total. The maximum Gasteiger partial charge on any atom is 0.138 e. The van der Waals surface area contributed by atoms with Crippen LogP contribution in [0.2, 0.25) is 5.02 Å². The highest BCUT2D eigenvalue weighted by Gasteiger charge is 2.23. The number of hydrogen-bond acceptors (Lipinski definition) is 3. The van der Waals surface area contributed by atoms with Gasteiger partial charge in [-0.25, -0.2) is 0 Å². The van der Waals surface area contributed by atoms with E-state index in [-0.39, 0.29) is 11.8 Å². The topological polar surface area (TPSA) is 41.5 Å². The van der Waals surface area contributed by atoms with E-state index in [0.29, 0.717) is 18.2 Å². The Kier molecular flexibility index (Phi) is 3.32. The lowest BCUT2D eigenvalue weighted by Gasteiger charge is -2.13. The number of benzene rings is 2. The van der Waals surface area contributed by atoms with Crippen molar-refractivity contribution in [3.8, 4) is 11.5 Å². The van der Waals surface area contributed by atoms with Crippen LogP contribution in [0.4, 0.5) is 0 Å².